The van der Waals surface area contributed by atoms with E-state index in [-0.39, 0.29) is 29.6 Å². The van der Waals surface area contributed by atoms with Crippen LogP contribution in [0.1, 0.15) is 13.3 Å². The lowest BCUT2D eigenvalue weighted by Crippen LogP contribution is -2.28. The van der Waals surface area contributed by atoms with E-state index >= 15 is 0 Å². The van der Waals surface area contributed by atoms with Gasteiger partial charge >= 0.3 is 0 Å². The van der Waals surface area contributed by atoms with Crippen LogP contribution in [0, 0.1) is 12.3 Å². The number of alkyl halides is 2. The first-order valence-electron chi connectivity index (χ1n) is 3.56. The van der Waals surface area contributed by atoms with Crippen molar-refractivity contribution < 1.29 is 4.79 Å². The van der Waals surface area contributed by atoms with Crippen LogP contribution < -0.4 is 5.32 Å². The smallest absolute Gasteiger partial charge is 0.222 e. The number of hydrogen-bond acceptors (Lipinski definition) is 1. The number of halogens is 2. The SMILES string of the molecule is C#CCNC(=O)CC(Cl)[C@@H](C)Cl. The van der Waals surface area contributed by atoms with Crippen molar-refractivity contribution in [3.8, 4) is 12.3 Å². The molecule has 0 saturated carbocycles. The molecule has 1 N–H and O–H groups in total. The molecule has 68 valence electrons. The molecule has 2 nitrogen and oxygen atoms in total. The Kier molecular flexibility index (Phi) is 5.96. The molecule has 12 heavy (non-hydrogen) atoms. The number of terminal acetylenes is 1. The number of carbonyl (C=O) groups is 1. The zero-order valence-electron chi connectivity index (χ0n) is 6.81. The lowest BCUT2D eigenvalue weighted by molar-refractivity contribution is -0.120. The third-order valence-corrected chi connectivity index (χ3v) is 2.23. The van der Waals surface area contributed by atoms with Gasteiger partial charge in [0.15, 0.2) is 0 Å². The van der Waals surface area contributed by atoms with Gasteiger partial charge in [-0.3, -0.25) is 4.79 Å². The predicted octanol–water partition coefficient (Wildman–Crippen LogP) is 1.36. The van der Waals surface area contributed by atoms with E-state index in [1.165, 1.54) is 0 Å². The van der Waals surface area contributed by atoms with Crippen LogP contribution in [-0.4, -0.2) is 23.2 Å². The molecule has 0 aliphatic heterocycles. The largest absolute Gasteiger partial charge is 0.345 e. The second-order valence-electron chi connectivity index (χ2n) is 2.38. The van der Waals surface area contributed by atoms with Gasteiger partial charge in [-0.25, -0.2) is 0 Å². The van der Waals surface area contributed by atoms with Gasteiger partial charge < -0.3 is 5.32 Å². The molecule has 2 atom stereocenters. The molecule has 4 heteroatoms. The highest BCUT2D eigenvalue weighted by Gasteiger charge is 2.15. The summed E-state index contributed by atoms with van der Waals surface area (Å²) >= 11 is 11.4. The van der Waals surface area contributed by atoms with Crippen LogP contribution in [0.25, 0.3) is 0 Å². The summed E-state index contributed by atoms with van der Waals surface area (Å²) in [5, 5.41) is 1.94. The Balaban J connectivity index is 3.63. The molecule has 0 aliphatic rings. The van der Waals surface area contributed by atoms with Crippen molar-refractivity contribution >= 4 is 29.1 Å². The highest BCUT2D eigenvalue weighted by molar-refractivity contribution is 6.30. The van der Waals surface area contributed by atoms with Crippen LogP contribution in [0.2, 0.25) is 0 Å². The number of hydrogen-bond donors (Lipinski definition) is 1. The van der Waals surface area contributed by atoms with E-state index in [1.54, 1.807) is 6.92 Å². The van der Waals surface area contributed by atoms with Crippen molar-refractivity contribution in [1.29, 1.82) is 0 Å². The Morgan fingerprint density at radius 3 is 2.67 bits per heavy atom. The molecule has 0 fully saturated rings. The standard InChI is InChI=1S/C8H11Cl2NO/c1-3-4-11-8(12)5-7(10)6(2)9/h1,6-7H,4-5H2,2H3,(H,11,12)/t6-,7?/m1/s1. The first kappa shape index (κ1) is 11.6. The van der Waals surface area contributed by atoms with Gasteiger partial charge in [-0.15, -0.1) is 29.6 Å². The summed E-state index contributed by atoms with van der Waals surface area (Å²) in [7, 11) is 0. The van der Waals surface area contributed by atoms with E-state index in [2.05, 4.69) is 11.2 Å². The van der Waals surface area contributed by atoms with Crippen molar-refractivity contribution in [2.75, 3.05) is 6.54 Å². The minimum absolute atomic E-state index is 0.166. The molecule has 0 spiro atoms. The van der Waals surface area contributed by atoms with Crippen LogP contribution in [-0.2, 0) is 4.79 Å². The summed E-state index contributed by atoms with van der Waals surface area (Å²) in [4.78, 5) is 11.0. The summed E-state index contributed by atoms with van der Waals surface area (Å²) in [6, 6.07) is 0. The van der Waals surface area contributed by atoms with Gasteiger partial charge in [-0.2, -0.15) is 0 Å². The highest BCUT2D eigenvalue weighted by Crippen LogP contribution is 2.12. The zero-order valence-corrected chi connectivity index (χ0v) is 8.32. The first-order valence-corrected chi connectivity index (χ1v) is 4.43. The Morgan fingerprint density at radius 1 is 1.67 bits per heavy atom. The van der Waals surface area contributed by atoms with Gasteiger partial charge in [0, 0.05) is 11.8 Å². The van der Waals surface area contributed by atoms with Crippen LogP contribution >= 0.6 is 23.2 Å². The summed E-state index contributed by atoms with van der Waals surface area (Å²) in [5.74, 6) is 2.13. The molecule has 0 aromatic heterocycles. The molecule has 0 aromatic rings. The van der Waals surface area contributed by atoms with E-state index in [0.717, 1.165) is 0 Å². The summed E-state index contributed by atoms with van der Waals surface area (Å²) in [6.45, 7) is 1.98. The second-order valence-corrected chi connectivity index (χ2v) is 3.63. The van der Waals surface area contributed by atoms with Crippen LogP contribution in [0.4, 0.5) is 0 Å². The van der Waals surface area contributed by atoms with Crippen molar-refractivity contribution in [2.24, 2.45) is 0 Å². The van der Waals surface area contributed by atoms with E-state index < -0.39 is 0 Å². The van der Waals surface area contributed by atoms with Crippen LogP contribution in [0.3, 0.4) is 0 Å². The fourth-order valence-corrected chi connectivity index (χ4v) is 0.791. The number of rotatable bonds is 4. The molecule has 1 amide bonds. The monoisotopic (exact) mass is 207 g/mol. The van der Waals surface area contributed by atoms with E-state index in [0.29, 0.717) is 0 Å². The molecule has 0 radical (unpaired) electrons. The fourth-order valence-electron chi connectivity index (χ4n) is 0.561. The minimum atomic E-state index is -0.343. The molecule has 0 saturated heterocycles. The average Bonchev–Trinajstić information content (AvgIpc) is 2.00. The van der Waals surface area contributed by atoms with E-state index in [9.17, 15) is 4.79 Å². The summed E-state index contributed by atoms with van der Waals surface area (Å²) in [6.07, 6.45) is 5.15. The molecule has 0 aliphatic carbocycles. The van der Waals surface area contributed by atoms with Gasteiger partial charge in [-0.05, 0) is 6.92 Å². The van der Waals surface area contributed by atoms with Crippen molar-refractivity contribution in [3.63, 3.8) is 0 Å². The normalized spacial score (nSPS) is 14.5. The molecule has 0 rings (SSSR count). The van der Waals surface area contributed by atoms with Crippen molar-refractivity contribution in [2.45, 2.75) is 24.1 Å². The molecular weight excluding hydrogens is 197 g/mol. The van der Waals surface area contributed by atoms with Gasteiger partial charge in [0.05, 0.1) is 11.9 Å². The van der Waals surface area contributed by atoms with Crippen molar-refractivity contribution in [1.82, 2.24) is 5.32 Å². The predicted molar refractivity (Wildman–Crippen MR) is 51.4 cm³/mol. The number of carbonyl (C=O) groups excluding carboxylic acids is 1. The topological polar surface area (TPSA) is 29.1 Å². The van der Waals surface area contributed by atoms with Crippen molar-refractivity contribution in [3.05, 3.63) is 0 Å². The summed E-state index contributed by atoms with van der Waals surface area (Å²) < 4.78 is 0. The number of amides is 1. The lowest BCUT2D eigenvalue weighted by Gasteiger charge is -2.10. The lowest BCUT2D eigenvalue weighted by atomic mass is 10.2. The van der Waals surface area contributed by atoms with Crippen LogP contribution in [0.5, 0.6) is 0 Å². The van der Waals surface area contributed by atoms with Gasteiger partial charge in [0.2, 0.25) is 5.91 Å². The van der Waals surface area contributed by atoms with E-state index in [4.69, 9.17) is 29.6 Å². The zero-order chi connectivity index (χ0) is 9.56. The maximum absolute atomic E-state index is 11.0. The maximum atomic E-state index is 11.0. The fraction of sp³-hybridized carbons (Fsp3) is 0.625. The second kappa shape index (κ2) is 6.16. The Hall–Kier alpha value is -0.390. The summed E-state index contributed by atoms with van der Waals surface area (Å²) in [5.41, 5.74) is 0. The molecule has 1 unspecified atom stereocenters. The molecule has 0 heterocycles. The molecular formula is C8H11Cl2NO. The maximum Gasteiger partial charge on any atom is 0.222 e. The minimum Gasteiger partial charge on any atom is -0.345 e. The third-order valence-electron chi connectivity index (χ3n) is 1.27. The average molecular weight is 208 g/mol. The van der Waals surface area contributed by atoms with E-state index in [1.807, 2.05) is 0 Å². The first-order chi connectivity index (χ1) is 5.57. The quantitative estimate of drug-likeness (QED) is 0.548. The third kappa shape index (κ3) is 5.29. The number of nitrogens with one attached hydrogen (secondary N) is 1. The Morgan fingerprint density at radius 2 is 2.25 bits per heavy atom. The molecule has 0 aromatic carbocycles. The Labute approximate surface area is 82.6 Å². The van der Waals surface area contributed by atoms with Gasteiger partial charge in [0.1, 0.15) is 0 Å². The molecule has 0 bridgehead atoms. The highest BCUT2D eigenvalue weighted by atomic mass is 35.5. The Bertz CT molecular complexity index is 186. The van der Waals surface area contributed by atoms with Gasteiger partial charge in [-0.1, -0.05) is 5.92 Å². The van der Waals surface area contributed by atoms with Crippen LogP contribution in [0.15, 0.2) is 0 Å². The van der Waals surface area contributed by atoms with Gasteiger partial charge in [0.25, 0.3) is 0 Å².